The minimum Gasteiger partial charge on any atom is -0.507 e. The summed E-state index contributed by atoms with van der Waals surface area (Å²) < 4.78 is 21.5. The maximum Gasteiger partial charge on any atom is 0.231 e. The monoisotopic (exact) mass is 298 g/mol. The largest absolute Gasteiger partial charge is 0.507 e. The average Bonchev–Trinajstić information content (AvgIpc) is 3.00. The number of fused-ring (bicyclic) bond motifs is 2. The van der Waals surface area contributed by atoms with Crippen molar-refractivity contribution < 1.29 is 24.1 Å². The second kappa shape index (κ2) is 4.87. The van der Waals surface area contributed by atoms with E-state index in [-0.39, 0.29) is 12.5 Å². The molecule has 0 unspecified atom stereocenters. The quantitative estimate of drug-likeness (QED) is 0.923. The number of hydrogen-bond donors (Lipinski definition) is 1. The predicted octanol–water partition coefficient (Wildman–Crippen LogP) is 3.11. The molecule has 5 heteroatoms. The predicted molar refractivity (Wildman–Crippen MR) is 79.5 cm³/mol. The zero-order valence-corrected chi connectivity index (χ0v) is 12.0. The molecular formula is C17H14O5. The molecule has 2 aliphatic rings. The average molecular weight is 298 g/mol. The van der Waals surface area contributed by atoms with Gasteiger partial charge >= 0.3 is 0 Å². The summed E-state index contributed by atoms with van der Waals surface area (Å²) in [7, 11) is 1.62. The second-order valence-electron chi connectivity index (χ2n) is 5.13. The molecule has 0 aliphatic carbocycles. The van der Waals surface area contributed by atoms with E-state index >= 15 is 0 Å². The molecule has 112 valence electrons. The van der Waals surface area contributed by atoms with Crippen LogP contribution < -0.4 is 18.9 Å². The van der Waals surface area contributed by atoms with Crippen molar-refractivity contribution in [2.45, 2.75) is 6.42 Å². The number of aromatic hydroxyl groups is 1. The van der Waals surface area contributed by atoms with Crippen molar-refractivity contribution in [3.05, 3.63) is 47.7 Å². The number of phenolic OH excluding ortho intramolecular Hbond substituents is 1. The lowest BCUT2D eigenvalue weighted by Crippen LogP contribution is -2.03. The van der Waals surface area contributed by atoms with Gasteiger partial charge in [0.05, 0.1) is 13.4 Å². The lowest BCUT2D eigenvalue weighted by atomic mass is 9.96. The van der Waals surface area contributed by atoms with E-state index in [4.69, 9.17) is 18.9 Å². The van der Waals surface area contributed by atoms with E-state index < -0.39 is 0 Å². The van der Waals surface area contributed by atoms with Gasteiger partial charge in [-0.2, -0.15) is 0 Å². The Morgan fingerprint density at radius 3 is 2.68 bits per heavy atom. The number of phenols is 1. The molecule has 22 heavy (non-hydrogen) atoms. The van der Waals surface area contributed by atoms with Gasteiger partial charge in [-0.15, -0.1) is 0 Å². The highest BCUT2D eigenvalue weighted by Crippen LogP contribution is 2.42. The summed E-state index contributed by atoms with van der Waals surface area (Å²) in [6, 6.07) is 9.06. The summed E-state index contributed by atoms with van der Waals surface area (Å²) >= 11 is 0. The molecule has 0 amide bonds. The molecule has 0 bridgehead atoms. The lowest BCUT2D eigenvalue weighted by Gasteiger charge is -2.19. The summed E-state index contributed by atoms with van der Waals surface area (Å²) in [5.74, 6) is 2.86. The second-order valence-corrected chi connectivity index (χ2v) is 5.13. The van der Waals surface area contributed by atoms with Crippen molar-refractivity contribution >= 4 is 5.57 Å². The van der Waals surface area contributed by atoms with E-state index in [0.717, 1.165) is 22.6 Å². The van der Waals surface area contributed by atoms with Crippen molar-refractivity contribution in [2.75, 3.05) is 13.9 Å². The number of allylic oxidation sites excluding steroid dienone is 1. The first-order valence-electron chi connectivity index (χ1n) is 6.90. The maximum atomic E-state index is 10.2. The number of ether oxygens (including phenoxy) is 4. The number of benzene rings is 2. The first-order chi connectivity index (χ1) is 10.7. The fraction of sp³-hybridized carbons (Fsp3) is 0.176. The molecule has 2 aliphatic heterocycles. The molecule has 2 aromatic rings. The van der Waals surface area contributed by atoms with Gasteiger partial charge in [-0.3, -0.25) is 0 Å². The number of rotatable bonds is 2. The first-order valence-corrected chi connectivity index (χ1v) is 6.90. The molecule has 0 fully saturated rings. The Morgan fingerprint density at radius 2 is 1.86 bits per heavy atom. The van der Waals surface area contributed by atoms with Crippen molar-refractivity contribution in [3.8, 4) is 28.7 Å². The summed E-state index contributed by atoms with van der Waals surface area (Å²) in [5.41, 5.74) is 2.61. The molecule has 4 rings (SSSR count). The van der Waals surface area contributed by atoms with Crippen LogP contribution in [0.15, 0.2) is 36.6 Å². The molecule has 0 radical (unpaired) electrons. The van der Waals surface area contributed by atoms with E-state index in [9.17, 15) is 5.11 Å². The van der Waals surface area contributed by atoms with E-state index in [0.29, 0.717) is 23.5 Å². The fourth-order valence-electron chi connectivity index (χ4n) is 2.65. The van der Waals surface area contributed by atoms with Gasteiger partial charge in [0.2, 0.25) is 6.79 Å². The van der Waals surface area contributed by atoms with Gasteiger partial charge in [-0.25, -0.2) is 0 Å². The Kier molecular flexibility index (Phi) is 2.85. The van der Waals surface area contributed by atoms with Crippen LogP contribution in [0.5, 0.6) is 28.7 Å². The minimum atomic E-state index is 0.149. The molecule has 1 N–H and O–H groups in total. The molecule has 5 nitrogen and oxygen atoms in total. The minimum absolute atomic E-state index is 0.149. The first kappa shape index (κ1) is 12.9. The third-order valence-corrected chi connectivity index (χ3v) is 3.82. The van der Waals surface area contributed by atoms with Crippen LogP contribution in [-0.2, 0) is 6.42 Å². The fourth-order valence-corrected chi connectivity index (χ4v) is 2.65. The number of methoxy groups -OCH3 is 1. The van der Waals surface area contributed by atoms with Gasteiger partial charge in [0.15, 0.2) is 11.5 Å². The molecule has 0 saturated heterocycles. The summed E-state index contributed by atoms with van der Waals surface area (Å²) in [6.45, 7) is 0.177. The highest BCUT2D eigenvalue weighted by molar-refractivity contribution is 5.76. The molecule has 2 aromatic carbocycles. The van der Waals surface area contributed by atoms with Crippen LogP contribution in [0, 0.1) is 0 Å². The van der Waals surface area contributed by atoms with Gasteiger partial charge in [0.25, 0.3) is 0 Å². The topological polar surface area (TPSA) is 57.2 Å². The van der Waals surface area contributed by atoms with Crippen molar-refractivity contribution in [2.24, 2.45) is 0 Å². The van der Waals surface area contributed by atoms with Crippen molar-refractivity contribution in [3.63, 3.8) is 0 Å². The van der Waals surface area contributed by atoms with Crippen LogP contribution in [0.1, 0.15) is 11.1 Å². The van der Waals surface area contributed by atoms with E-state index in [1.54, 1.807) is 25.5 Å². The molecular weight excluding hydrogens is 284 g/mol. The molecule has 2 heterocycles. The summed E-state index contributed by atoms with van der Waals surface area (Å²) in [4.78, 5) is 0. The van der Waals surface area contributed by atoms with Crippen LogP contribution in [0.25, 0.3) is 5.57 Å². The Labute approximate surface area is 127 Å². The Morgan fingerprint density at radius 1 is 1.05 bits per heavy atom. The zero-order chi connectivity index (χ0) is 15.1. The van der Waals surface area contributed by atoms with Crippen molar-refractivity contribution in [1.29, 1.82) is 0 Å². The van der Waals surface area contributed by atoms with Crippen LogP contribution in [0.3, 0.4) is 0 Å². The molecule has 0 saturated carbocycles. The van der Waals surface area contributed by atoms with Gasteiger partial charge in [0.1, 0.15) is 17.2 Å². The van der Waals surface area contributed by atoms with Gasteiger partial charge in [-0.05, 0) is 17.7 Å². The standard InChI is InChI=1S/C17H14O5/c1-19-12-3-2-10-4-11(8-20-15(10)5-12)13-6-16-17(7-14(13)18)22-9-21-16/h2-3,5-8,18H,4,9H2,1H3. The zero-order valence-electron chi connectivity index (χ0n) is 12.0. The van der Waals surface area contributed by atoms with Crippen LogP contribution >= 0.6 is 0 Å². The SMILES string of the molecule is COc1ccc2c(c1)OC=C(c1cc3c(cc1O)OCO3)C2. The Balaban J connectivity index is 1.69. The van der Waals surface area contributed by atoms with E-state index in [2.05, 4.69) is 0 Å². The van der Waals surface area contributed by atoms with Gasteiger partial charge in [-0.1, -0.05) is 6.07 Å². The summed E-state index contributed by atoms with van der Waals surface area (Å²) in [6.07, 6.45) is 2.31. The normalized spacial score (nSPS) is 14.9. The van der Waals surface area contributed by atoms with Gasteiger partial charge < -0.3 is 24.1 Å². The van der Waals surface area contributed by atoms with E-state index in [1.807, 2.05) is 18.2 Å². The molecule has 0 spiro atoms. The van der Waals surface area contributed by atoms with Crippen LogP contribution in [-0.4, -0.2) is 19.0 Å². The smallest absolute Gasteiger partial charge is 0.231 e. The molecule has 0 aromatic heterocycles. The van der Waals surface area contributed by atoms with Crippen LogP contribution in [0.2, 0.25) is 0 Å². The third-order valence-electron chi connectivity index (χ3n) is 3.82. The third kappa shape index (κ3) is 2.02. The highest BCUT2D eigenvalue weighted by atomic mass is 16.7. The Bertz CT molecular complexity index is 779. The maximum absolute atomic E-state index is 10.2. The van der Waals surface area contributed by atoms with Crippen molar-refractivity contribution in [1.82, 2.24) is 0 Å². The van der Waals surface area contributed by atoms with Gasteiger partial charge in [0, 0.05) is 29.7 Å². The Hall–Kier alpha value is -2.82. The molecule has 0 atom stereocenters. The highest BCUT2D eigenvalue weighted by Gasteiger charge is 2.22. The lowest BCUT2D eigenvalue weighted by molar-refractivity contribution is 0.174. The summed E-state index contributed by atoms with van der Waals surface area (Å²) in [5, 5.41) is 10.2. The van der Waals surface area contributed by atoms with Crippen LogP contribution in [0.4, 0.5) is 0 Å². The van der Waals surface area contributed by atoms with E-state index in [1.165, 1.54) is 0 Å². The number of hydrogen-bond acceptors (Lipinski definition) is 5.